The van der Waals surface area contributed by atoms with E-state index in [4.69, 9.17) is 21.5 Å². The normalized spacial score (nSPS) is 11.1. The van der Waals surface area contributed by atoms with Crippen molar-refractivity contribution >= 4 is 27.5 Å². The Labute approximate surface area is 360 Å². The maximum atomic E-state index is 10.2. The average molecular weight is 795 g/mol. The lowest BCUT2D eigenvalue weighted by Crippen LogP contribution is -2.04. The van der Waals surface area contributed by atoms with Gasteiger partial charge in [0.05, 0.1) is 34.9 Å². The van der Waals surface area contributed by atoms with Gasteiger partial charge in [0.15, 0.2) is 23.2 Å². The Balaban J connectivity index is 1.33. The monoisotopic (exact) mass is 794 g/mol. The van der Waals surface area contributed by atoms with E-state index in [1.54, 1.807) is 0 Å². The highest BCUT2D eigenvalue weighted by Gasteiger charge is 2.24. The number of aryl methyl sites for hydroxylation is 3. The van der Waals surface area contributed by atoms with E-state index < -0.39 is 0 Å². The fourth-order valence-corrected chi connectivity index (χ4v) is 8.89. The van der Waals surface area contributed by atoms with Crippen molar-refractivity contribution in [3.63, 3.8) is 0 Å². The summed E-state index contributed by atoms with van der Waals surface area (Å²) >= 11 is 0. The van der Waals surface area contributed by atoms with Crippen LogP contribution in [0.1, 0.15) is 22.3 Å². The number of fused-ring (bicyclic) bond motifs is 3. The fraction of sp³-hybridized carbons (Fsp3) is 0.0536. The third-order valence-corrected chi connectivity index (χ3v) is 11.5. The Morgan fingerprint density at radius 3 is 1.66 bits per heavy atom. The molecule has 2 aromatic heterocycles. The molecule has 0 bridgehead atoms. The van der Waals surface area contributed by atoms with Crippen LogP contribution in [0.3, 0.4) is 0 Å². The van der Waals surface area contributed by atoms with E-state index in [1.165, 1.54) is 22.3 Å². The van der Waals surface area contributed by atoms with E-state index in [9.17, 15) is 5.26 Å². The lowest BCUT2D eigenvalue weighted by Gasteiger charge is -2.21. The summed E-state index contributed by atoms with van der Waals surface area (Å²) < 4.78 is 2.35. The van der Waals surface area contributed by atoms with E-state index in [0.29, 0.717) is 28.7 Å². The Morgan fingerprint density at radius 2 is 1.03 bits per heavy atom. The molecule has 292 valence electrons. The first-order valence-electron chi connectivity index (χ1n) is 20.5. The van der Waals surface area contributed by atoms with Crippen molar-refractivity contribution in [3.05, 3.63) is 210 Å². The van der Waals surface area contributed by atoms with Crippen molar-refractivity contribution in [1.29, 1.82) is 5.26 Å². The third kappa shape index (κ3) is 6.76. The second-order valence-corrected chi connectivity index (χ2v) is 15.7. The number of benzene rings is 8. The molecule has 0 saturated carbocycles. The number of hydrogen-bond donors (Lipinski definition) is 0. The highest BCUT2D eigenvalue weighted by molar-refractivity contribution is 6.12. The molecule has 8 aromatic carbocycles. The van der Waals surface area contributed by atoms with Crippen LogP contribution in [0.5, 0.6) is 0 Å². The molecule has 0 fully saturated rings. The molecule has 0 aliphatic rings. The Morgan fingerprint density at radius 1 is 0.484 bits per heavy atom. The zero-order valence-corrected chi connectivity index (χ0v) is 34.4. The molecule has 0 saturated heterocycles. The van der Waals surface area contributed by atoms with Crippen LogP contribution < -0.4 is 0 Å². The van der Waals surface area contributed by atoms with Crippen molar-refractivity contribution in [1.82, 2.24) is 19.5 Å². The van der Waals surface area contributed by atoms with Crippen molar-refractivity contribution in [2.45, 2.75) is 20.8 Å². The lowest BCUT2D eigenvalue weighted by molar-refractivity contribution is 1.07. The minimum atomic E-state index is 0.500. The largest absolute Gasteiger partial charge is 0.308 e. The maximum absolute atomic E-state index is 10.2. The van der Waals surface area contributed by atoms with Crippen molar-refractivity contribution in [3.8, 4) is 79.3 Å². The molecule has 0 aliphatic carbocycles. The highest BCUT2D eigenvalue weighted by atomic mass is 15.0. The molecule has 0 aliphatic heterocycles. The molecule has 0 radical (unpaired) electrons. The molecule has 10 aromatic rings. The number of para-hydroxylation sites is 1. The van der Waals surface area contributed by atoms with Crippen LogP contribution in [0.4, 0.5) is 5.69 Å². The highest BCUT2D eigenvalue weighted by Crippen LogP contribution is 2.45. The number of rotatable bonds is 7. The van der Waals surface area contributed by atoms with Crippen LogP contribution in [0.25, 0.3) is 99.9 Å². The quantitative estimate of drug-likeness (QED) is 0.151. The molecule has 0 unspecified atom stereocenters. The van der Waals surface area contributed by atoms with Gasteiger partial charge < -0.3 is 4.57 Å². The third-order valence-electron chi connectivity index (χ3n) is 11.5. The summed E-state index contributed by atoms with van der Waals surface area (Å²) in [5, 5.41) is 12.4. The van der Waals surface area contributed by atoms with Crippen molar-refractivity contribution in [2.24, 2.45) is 0 Å². The summed E-state index contributed by atoms with van der Waals surface area (Å²) in [5.41, 5.74) is 16.2. The van der Waals surface area contributed by atoms with Crippen LogP contribution in [-0.4, -0.2) is 19.5 Å². The van der Waals surface area contributed by atoms with Crippen LogP contribution >= 0.6 is 0 Å². The fourth-order valence-electron chi connectivity index (χ4n) is 8.89. The van der Waals surface area contributed by atoms with Gasteiger partial charge in [0, 0.05) is 38.6 Å². The van der Waals surface area contributed by atoms with Gasteiger partial charge in [-0.05, 0) is 103 Å². The average Bonchev–Trinajstić information content (AvgIpc) is 3.64. The lowest BCUT2D eigenvalue weighted by atomic mass is 9.91. The second kappa shape index (κ2) is 15.6. The minimum Gasteiger partial charge on any atom is -0.308 e. The summed E-state index contributed by atoms with van der Waals surface area (Å²) in [6.45, 7) is 14.5. The summed E-state index contributed by atoms with van der Waals surface area (Å²) in [4.78, 5) is 19.1. The predicted molar refractivity (Wildman–Crippen MR) is 252 cm³/mol. The number of nitriles is 1. The Hall–Kier alpha value is -8.45. The van der Waals surface area contributed by atoms with Gasteiger partial charge in [-0.1, -0.05) is 133 Å². The van der Waals surface area contributed by atoms with Crippen molar-refractivity contribution < 1.29 is 0 Å². The zero-order valence-electron chi connectivity index (χ0n) is 34.4. The molecule has 0 amide bonds. The van der Waals surface area contributed by atoms with E-state index in [2.05, 4.69) is 115 Å². The van der Waals surface area contributed by atoms with E-state index in [-0.39, 0.29) is 0 Å². The Bertz CT molecular complexity index is 3300. The Kier molecular flexibility index (Phi) is 9.52. The molecule has 0 N–H and O–H groups in total. The topological polar surface area (TPSA) is 71.8 Å². The van der Waals surface area contributed by atoms with Gasteiger partial charge in [-0.2, -0.15) is 5.26 Å². The van der Waals surface area contributed by atoms with Crippen molar-refractivity contribution in [2.75, 3.05) is 0 Å². The van der Waals surface area contributed by atoms with Crippen LogP contribution in [0.2, 0.25) is 0 Å². The number of hydrogen-bond acceptors (Lipinski definition) is 4. The van der Waals surface area contributed by atoms with Crippen LogP contribution in [0, 0.1) is 38.7 Å². The van der Waals surface area contributed by atoms with Crippen LogP contribution in [0.15, 0.2) is 176 Å². The molecular weight excluding hydrogens is 757 g/mol. The standard InChI is InChI=1S/C56H38N6/c1-35-27-36(2)52(37(3)28-35)43-25-26-51-49(31-43)46-23-11-12-24-50(46)62(51)53-47(41-20-13-15-38(29-41)34-57)32-44(33-48(53)42-21-14-22-45(30-42)58-4)56-60-54(39-16-7-5-8-17-39)59-55(61-56)40-18-9-6-10-19-40/h5-33H,1-3H3. The van der Waals surface area contributed by atoms with E-state index in [1.807, 2.05) is 97.1 Å². The maximum Gasteiger partial charge on any atom is 0.187 e. The molecule has 62 heavy (non-hydrogen) atoms. The first-order chi connectivity index (χ1) is 30.4. The molecule has 0 atom stereocenters. The van der Waals surface area contributed by atoms with Gasteiger partial charge in [-0.3, -0.25) is 0 Å². The first kappa shape index (κ1) is 37.8. The summed E-state index contributed by atoms with van der Waals surface area (Å²) in [7, 11) is 0. The van der Waals surface area contributed by atoms with Crippen LogP contribution in [-0.2, 0) is 0 Å². The van der Waals surface area contributed by atoms with Gasteiger partial charge in [0.2, 0.25) is 0 Å². The van der Waals surface area contributed by atoms with Gasteiger partial charge in [-0.15, -0.1) is 0 Å². The van der Waals surface area contributed by atoms with Gasteiger partial charge >= 0.3 is 0 Å². The molecular formula is C56H38N6. The zero-order chi connectivity index (χ0) is 42.3. The predicted octanol–water partition coefficient (Wildman–Crippen LogP) is 14.3. The number of nitrogens with zero attached hydrogens (tertiary/aromatic N) is 6. The van der Waals surface area contributed by atoms with E-state index in [0.717, 1.165) is 72.0 Å². The van der Waals surface area contributed by atoms with Gasteiger partial charge in [0.25, 0.3) is 0 Å². The first-order valence-corrected chi connectivity index (χ1v) is 20.5. The summed E-state index contributed by atoms with van der Waals surface area (Å²) in [6.07, 6.45) is 0. The molecule has 0 spiro atoms. The smallest absolute Gasteiger partial charge is 0.187 e. The summed E-state index contributed by atoms with van der Waals surface area (Å²) in [6, 6.07) is 61.9. The molecule has 10 rings (SSSR count). The second-order valence-electron chi connectivity index (χ2n) is 15.7. The summed E-state index contributed by atoms with van der Waals surface area (Å²) in [5.74, 6) is 1.61. The van der Waals surface area contributed by atoms with Gasteiger partial charge in [-0.25, -0.2) is 19.8 Å². The molecule has 2 heterocycles. The SMILES string of the molecule is [C-]#[N+]c1cccc(-c2cc(-c3nc(-c4ccccc4)nc(-c4ccccc4)n3)cc(-c3cccc(C#N)c3)c2-n2c3ccccc3c3cc(-c4c(C)cc(C)cc4C)ccc32)c1. The molecule has 6 nitrogen and oxygen atoms in total. The number of aromatic nitrogens is 4. The van der Waals surface area contributed by atoms with E-state index >= 15 is 0 Å². The minimum absolute atomic E-state index is 0.500. The van der Waals surface area contributed by atoms with Gasteiger partial charge in [0.1, 0.15) is 0 Å². The molecule has 6 heteroatoms.